The molecule has 1 atom stereocenters. The van der Waals surface area contributed by atoms with Crippen LogP contribution >= 0.6 is 0 Å². The van der Waals surface area contributed by atoms with Gasteiger partial charge in [0, 0.05) is 31.5 Å². The largest absolute Gasteiger partial charge is 0.497 e. The number of rotatable bonds is 2. The molecule has 2 aromatic rings. The number of fused-ring (bicyclic) bond motifs is 2. The molecule has 2 heterocycles. The number of carbonyl (C=O) groups excluding carboxylic acids is 2. The van der Waals surface area contributed by atoms with Crippen molar-refractivity contribution < 1.29 is 14.3 Å². The first kappa shape index (κ1) is 17.4. The number of benzene rings is 2. The van der Waals surface area contributed by atoms with Crippen LogP contribution in [0.4, 0.5) is 16.2 Å². The summed E-state index contributed by atoms with van der Waals surface area (Å²) >= 11 is 0. The van der Waals surface area contributed by atoms with Crippen LogP contribution in [0, 0.1) is 6.92 Å². The van der Waals surface area contributed by atoms with Gasteiger partial charge in [0.15, 0.2) is 0 Å². The maximum atomic E-state index is 13.1. The summed E-state index contributed by atoms with van der Waals surface area (Å²) in [5, 5.41) is 2.97. The van der Waals surface area contributed by atoms with E-state index in [9.17, 15) is 9.59 Å². The second kappa shape index (κ2) is 6.30. The fraction of sp³-hybridized carbons (Fsp3) is 0.333. The van der Waals surface area contributed by atoms with Gasteiger partial charge in [-0.3, -0.25) is 4.79 Å². The lowest BCUT2D eigenvalue weighted by molar-refractivity contribution is -0.122. The van der Waals surface area contributed by atoms with Crippen LogP contribution in [0.5, 0.6) is 5.75 Å². The number of methoxy groups -OCH3 is 1. The highest BCUT2D eigenvalue weighted by Crippen LogP contribution is 2.48. The van der Waals surface area contributed by atoms with Crippen molar-refractivity contribution in [3.05, 3.63) is 53.6 Å². The zero-order chi connectivity index (χ0) is 19.2. The minimum atomic E-state index is -0.693. The van der Waals surface area contributed by atoms with Gasteiger partial charge in [0.25, 0.3) is 0 Å². The predicted molar refractivity (Wildman–Crippen MR) is 104 cm³/mol. The Morgan fingerprint density at radius 3 is 2.74 bits per heavy atom. The summed E-state index contributed by atoms with van der Waals surface area (Å²) in [5.41, 5.74) is 2.94. The quantitative estimate of drug-likeness (QED) is 0.889. The molecule has 27 heavy (non-hydrogen) atoms. The SMILES string of the molecule is COc1ccc2c(c1)C1(CCN(C(=O)Nc3ccccc3C)C1)C(=O)N2C. The smallest absolute Gasteiger partial charge is 0.321 e. The van der Waals surface area contributed by atoms with Crippen LogP contribution in [0.15, 0.2) is 42.5 Å². The van der Waals surface area contributed by atoms with E-state index in [1.165, 1.54) is 0 Å². The van der Waals surface area contributed by atoms with E-state index in [0.29, 0.717) is 19.5 Å². The summed E-state index contributed by atoms with van der Waals surface area (Å²) in [7, 11) is 3.41. The summed E-state index contributed by atoms with van der Waals surface area (Å²) in [5.74, 6) is 0.760. The number of hydrogen-bond donors (Lipinski definition) is 1. The van der Waals surface area contributed by atoms with Crippen LogP contribution < -0.4 is 15.0 Å². The standard InChI is InChI=1S/C21H23N3O3/c1-14-6-4-5-7-17(14)22-20(26)24-11-10-21(13-24)16-12-15(27-3)8-9-18(16)23(2)19(21)25/h4-9,12H,10-11,13H2,1-3H3,(H,22,26). The molecule has 0 aliphatic carbocycles. The Bertz CT molecular complexity index is 927. The molecule has 0 aromatic heterocycles. The van der Waals surface area contributed by atoms with Gasteiger partial charge in [0.2, 0.25) is 5.91 Å². The summed E-state index contributed by atoms with van der Waals surface area (Å²) in [4.78, 5) is 29.3. The number of nitrogens with zero attached hydrogens (tertiary/aromatic N) is 2. The lowest BCUT2D eigenvalue weighted by atomic mass is 9.81. The van der Waals surface area contributed by atoms with E-state index in [-0.39, 0.29) is 11.9 Å². The van der Waals surface area contributed by atoms with Gasteiger partial charge in [-0.1, -0.05) is 18.2 Å². The molecule has 3 amide bonds. The van der Waals surface area contributed by atoms with E-state index in [1.54, 1.807) is 24.0 Å². The number of hydrogen-bond acceptors (Lipinski definition) is 3. The van der Waals surface area contributed by atoms with Gasteiger partial charge in [-0.15, -0.1) is 0 Å². The Labute approximate surface area is 158 Å². The summed E-state index contributed by atoms with van der Waals surface area (Å²) in [6.45, 7) is 2.86. The molecule has 140 valence electrons. The molecular weight excluding hydrogens is 342 g/mol. The second-order valence-corrected chi connectivity index (χ2v) is 7.25. The molecule has 1 N–H and O–H groups in total. The maximum absolute atomic E-state index is 13.1. The van der Waals surface area contributed by atoms with Crippen LogP contribution in [0.2, 0.25) is 0 Å². The van der Waals surface area contributed by atoms with Crippen molar-refractivity contribution in [2.75, 3.05) is 37.5 Å². The lowest BCUT2D eigenvalue weighted by Crippen LogP contribution is -2.43. The average Bonchev–Trinajstić information content (AvgIpc) is 3.21. The fourth-order valence-corrected chi connectivity index (χ4v) is 4.15. The van der Waals surface area contributed by atoms with E-state index >= 15 is 0 Å². The van der Waals surface area contributed by atoms with Crippen molar-refractivity contribution in [2.24, 2.45) is 0 Å². The summed E-state index contributed by atoms with van der Waals surface area (Å²) < 4.78 is 5.36. The molecule has 0 saturated carbocycles. The molecule has 1 saturated heterocycles. The van der Waals surface area contributed by atoms with Crippen LogP contribution in [-0.4, -0.2) is 44.1 Å². The zero-order valence-electron chi connectivity index (χ0n) is 15.8. The monoisotopic (exact) mass is 365 g/mol. The lowest BCUT2D eigenvalue weighted by Gasteiger charge is -2.24. The van der Waals surface area contributed by atoms with Crippen LogP contribution in [0.1, 0.15) is 17.5 Å². The Morgan fingerprint density at radius 1 is 1.22 bits per heavy atom. The van der Waals surface area contributed by atoms with Crippen LogP contribution in [-0.2, 0) is 10.2 Å². The number of likely N-dealkylation sites (N-methyl/N-ethyl adjacent to an activating group) is 1. The Morgan fingerprint density at radius 2 is 2.00 bits per heavy atom. The number of amides is 3. The molecule has 6 heteroatoms. The van der Waals surface area contributed by atoms with Crippen LogP contribution in [0.25, 0.3) is 0 Å². The van der Waals surface area contributed by atoms with E-state index in [4.69, 9.17) is 4.74 Å². The van der Waals surface area contributed by atoms with Crippen molar-refractivity contribution in [1.82, 2.24) is 4.90 Å². The first-order chi connectivity index (χ1) is 13.0. The molecule has 2 aromatic carbocycles. The highest BCUT2D eigenvalue weighted by molar-refractivity contribution is 6.09. The van der Waals surface area contributed by atoms with Gasteiger partial charge in [-0.25, -0.2) is 4.79 Å². The van der Waals surface area contributed by atoms with Crippen molar-refractivity contribution in [2.45, 2.75) is 18.8 Å². The third-order valence-corrected chi connectivity index (χ3v) is 5.74. The van der Waals surface area contributed by atoms with E-state index in [2.05, 4.69) is 5.32 Å². The number of ether oxygens (including phenoxy) is 1. The van der Waals surface area contributed by atoms with Gasteiger partial charge in [0.05, 0.1) is 12.5 Å². The number of aryl methyl sites for hydroxylation is 1. The maximum Gasteiger partial charge on any atom is 0.321 e. The summed E-state index contributed by atoms with van der Waals surface area (Å²) in [6.07, 6.45) is 0.609. The Balaban J connectivity index is 1.61. The molecular formula is C21H23N3O3. The number of likely N-dealkylation sites (tertiary alicyclic amines) is 1. The van der Waals surface area contributed by atoms with Gasteiger partial charge >= 0.3 is 6.03 Å². The number of para-hydroxylation sites is 1. The first-order valence-electron chi connectivity index (χ1n) is 9.04. The fourth-order valence-electron chi connectivity index (χ4n) is 4.15. The average molecular weight is 365 g/mol. The zero-order valence-corrected chi connectivity index (χ0v) is 15.8. The summed E-state index contributed by atoms with van der Waals surface area (Å²) in [6, 6.07) is 13.2. The minimum absolute atomic E-state index is 0.0388. The molecule has 0 bridgehead atoms. The molecule has 2 aliphatic rings. The van der Waals surface area contributed by atoms with Crippen molar-refractivity contribution >= 4 is 23.3 Å². The van der Waals surface area contributed by atoms with Gasteiger partial charge in [-0.2, -0.15) is 0 Å². The molecule has 1 unspecified atom stereocenters. The Hall–Kier alpha value is -3.02. The van der Waals surface area contributed by atoms with E-state index in [1.807, 2.05) is 49.4 Å². The highest BCUT2D eigenvalue weighted by Gasteiger charge is 2.54. The third kappa shape index (κ3) is 2.63. The highest BCUT2D eigenvalue weighted by atomic mass is 16.5. The number of carbonyl (C=O) groups is 2. The molecule has 1 spiro atoms. The number of anilines is 2. The number of urea groups is 1. The second-order valence-electron chi connectivity index (χ2n) is 7.25. The third-order valence-electron chi connectivity index (χ3n) is 5.74. The topological polar surface area (TPSA) is 61.9 Å². The minimum Gasteiger partial charge on any atom is -0.497 e. The number of nitrogens with one attached hydrogen (secondary N) is 1. The molecule has 1 fully saturated rings. The van der Waals surface area contributed by atoms with Crippen molar-refractivity contribution in [3.8, 4) is 5.75 Å². The van der Waals surface area contributed by atoms with Gasteiger partial charge in [-0.05, 0) is 48.7 Å². The Kier molecular flexibility index (Phi) is 4.06. The molecule has 6 nitrogen and oxygen atoms in total. The molecule has 2 aliphatic heterocycles. The first-order valence-corrected chi connectivity index (χ1v) is 9.04. The van der Waals surface area contributed by atoms with Crippen molar-refractivity contribution in [3.63, 3.8) is 0 Å². The van der Waals surface area contributed by atoms with Gasteiger partial charge in [0.1, 0.15) is 5.75 Å². The van der Waals surface area contributed by atoms with E-state index < -0.39 is 5.41 Å². The van der Waals surface area contributed by atoms with Gasteiger partial charge < -0.3 is 19.9 Å². The predicted octanol–water partition coefficient (Wildman–Crippen LogP) is 3.16. The van der Waals surface area contributed by atoms with E-state index in [0.717, 1.165) is 28.3 Å². The van der Waals surface area contributed by atoms with Crippen molar-refractivity contribution in [1.29, 1.82) is 0 Å². The molecule has 4 rings (SSSR count). The normalized spacial score (nSPS) is 20.9. The van der Waals surface area contributed by atoms with Crippen LogP contribution in [0.3, 0.4) is 0 Å². The molecule has 0 radical (unpaired) electrons.